The number of carbonyl (C=O) groups is 2. The molecule has 1 N–H and O–H groups in total. The fourth-order valence-electron chi connectivity index (χ4n) is 2.07. The largest absolute Gasteiger partial charge is 0.288 e. The summed E-state index contributed by atoms with van der Waals surface area (Å²) in [6.07, 6.45) is 1.36. The maximum Gasteiger partial charge on any atom is 0.288 e. The summed E-state index contributed by atoms with van der Waals surface area (Å²) in [5.74, 6) is -1.04. The predicted molar refractivity (Wildman–Crippen MR) is 110 cm³/mol. The highest BCUT2D eigenvalue weighted by Gasteiger charge is 2.34. The molecule has 27 heavy (non-hydrogen) atoms. The molecule has 2 amide bonds. The number of hydrogen-bond acceptors (Lipinski definition) is 7. The van der Waals surface area contributed by atoms with Crippen LogP contribution in [0.15, 0.2) is 34.6 Å². The van der Waals surface area contributed by atoms with Crippen LogP contribution in [0.4, 0.5) is 5.69 Å². The van der Waals surface area contributed by atoms with Crippen LogP contribution < -0.4 is 5.43 Å². The van der Waals surface area contributed by atoms with E-state index in [1.807, 2.05) is 0 Å². The highest BCUT2D eigenvalue weighted by atomic mass is 35.5. The minimum absolute atomic E-state index is 0.113. The summed E-state index contributed by atoms with van der Waals surface area (Å²) >= 11 is 19.2. The number of benzene rings is 1. The third-order valence-corrected chi connectivity index (χ3v) is 6.10. The second kappa shape index (κ2) is 7.95. The third kappa shape index (κ3) is 4.14. The van der Waals surface area contributed by atoms with Crippen molar-refractivity contribution < 1.29 is 14.5 Å². The number of carbonyl (C=O) groups excluding carboxylic acids is 2. The lowest BCUT2D eigenvalue weighted by Crippen LogP contribution is -2.44. The number of thioether (sulfide) groups is 1. The molecule has 0 atom stereocenters. The second-order valence-corrected chi connectivity index (χ2v) is 8.46. The van der Waals surface area contributed by atoms with Crippen LogP contribution in [0.1, 0.15) is 15.2 Å². The Hall–Kier alpha value is -1.98. The Bertz CT molecular complexity index is 1010. The van der Waals surface area contributed by atoms with Gasteiger partial charge in [0.05, 0.1) is 14.7 Å². The minimum atomic E-state index is -0.650. The summed E-state index contributed by atoms with van der Waals surface area (Å²) in [6, 6.07) is 5.72. The van der Waals surface area contributed by atoms with E-state index in [4.69, 9.17) is 35.4 Å². The van der Waals surface area contributed by atoms with Crippen molar-refractivity contribution in [2.75, 3.05) is 0 Å². The lowest BCUT2D eigenvalue weighted by Gasteiger charge is -2.14. The van der Waals surface area contributed by atoms with Gasteiger partial charge in [0.2, 0.25) is 0 Å². The highest BCUT2D eigenvalue weighted by Crippen LogP contribution is 2.36. The Kier molecular flexibility index (Phi) is 5.82. The van der Waals surface area contributed by atoms with Crippen molar-refractivity contribution in [3.8, 4) is 0 Å². The van der Waals surface area contributed by atoms with Crippen LogP contribution >= 0.6 is 58.5 Å². The zero-order chi connectivity index (χ0) is 19.7. The minimum Gasteiger partial charge on any atom is -0.266 e. The van der Waals surface area contributed by atoms with Crippen molar-refractivity contribution in [1.29, 1.82) is 0 Å². The summed E-state index contributed by atoms with van der Waals surface area (Å²) in [5.41, 5.74) is 2.34. The van der Waals surface area contributed by atoms with Gasteiger partial charge in [0.25, 0.3) is 17.5 Å². The standard InChI is InChI=1S/C15H7Cl2N3O4S3/c16-8-6-9(17)10(20(23)24)4-7(8)5-12-14(22)19(15(25)27-12)18-13(21)11-2-1-3-26-11/h1-6H,(H,18,21)/b12-5-. The van der Waals surface area contributed by atoms with Gasteiger partial charge in [-0.3, -0.25) is 25.1 Å². The van der Waals surface area contributed by atoms with Crippen LogP contribution in [-0.4, -0.2) is 26.1 Å². The number of hydrazine groups is 1. The molecule has 1 aromatic carbocycles. The lowest BCUT2D eigenvalue weighted by atomic mass is 10.2. The number of amides is 2. The van der Waals surface area contributed by atoms with Crippen LogP contribution in [0.5, 0.6) is 0 Å². The van der Waals surface area contributed by atoms with E-state index in [0.29, 0.717) is 4.88 Å². The number of nitrogens with zero attached hydrogens (tertiary/aromatic N) is 2. The van der Waals surface area contributed by atoms with Crippen LogP contribution in [0.3, 0.4) is 0 Å². The molecule has 0 bridgehead atoms. The number of thiocarbonyl (C=S) groups is 1. The number of nitro groups is 1. The molecule has 2 heterocycles. The molecule has 12 heteroatoms. The van der Waals surface area contributed by atoms with E-state index in [0.717, 1.165) is 16.8 Å². The molecule has 0 aliphatic carbocycles. The molecule has 1 fully saturated rings. The first-order valence-electron chi connectivity index (χ1n) is 7.04. The molecule has 0 spiro atoms. The zero-order valence-electron chi connectivity index (χ0n) is 13.0. The molecule has 1 aromatic heterocycles. The van der Waals surface area contributed by atoms with Gasteiger partial charge in [-0.25, -0.2) is 0 Å². The molecule has 2 aromatic rings. The number of halogens is 2. The van der Waals surface area contributed by atoms with Crippen LogP contribution in [-0.2, 0) is 4.79 Å². The second-order valence-electron chi connectivity index (χ2n) is 5.02. The molecular formula is C15H7Cl2N3O4S3. The predicted octanol–water partition coefficient (Wildman–Crippen LogP) is 4.51. The fourth-order valence-corrected chi connectivity index (χ4v) is 4.36. The van der Waals surface area contributed by atoms with Gasteiger partial charge in [-0.1, -0.05) is 41.0 Å². The Labute approximate surface area is 176 Å². The number of rotatable bonds is 4. The summed E-state index contributed by atoms with van der Waals surface area (Å²) in [4.78, 5) is 35.7. The number of nitrogens with one attached hydrogen (secondary N) is 1. The Morgan fingerprint density at radius 1 is 1.33 bits per heavy atom. The van der Waals surface area contributed by atoms with E-state index >= 15 is 0 Å². The summed E-state index contributed by atoms with van der Waals surface area (Å²) in [5, 5.41) is 13.7. The van der Waals surface area contributed by atoms with Gasteiger partial charge in [0, 0.05) is 16.7 Å². The van der Waals surface area contributed by atoms with E-state index in [1.165, 1.54) is 29.5 Å². The molecule has 1 saturated heterocycles. The number of thiophene rings is 1. The van der Waals surface area contributed by atoms with Gasteiger partial charge in [0.1, 0.15) is 5.02 Å². The monoisotopic (exact) mass is 459 g/mol. The smallest absolute Gasteiger partial charge is 0.266 e. The topological polar surface area (TPSA) is 92.6 Å². The first-order chi connectivity index (χ1) is 12.8. The lowest BCUT2D eigenvalue weighted by molar-refractivity contribution is -0.384. The maximum atomic E-state index is 12.6. The average Bonchev–Trinajstić information content (AvgIpc) is 3.21. The number of nitro benzene ring substituents is 1. The SMILES string of the molecule is O=C(NN1C(=O)/C(=C/c2cc([N+](=O)[O-])c(Cl)cc2Cl)SC1=S)c1cccs1. The molecule has 138 valence electrons. The van der Waals surface area contributed by atoms with Crippen LogP contribution in [0.25, 0.3) is 6.08 Å². The van der Waals surface area contributed by atoms with Gasteiger partial charge >= 0.3 is 0 Å². The van der Waals surface area contributed by atoms with Crippen molar-refractivity contribution in [3.05, 3.63) is 65.2 Å². The summed E-state index contributed by atoms with van der Waals surface area (Å²) in [6.45, 7) is 0. The summed E-state index contributed by atoms with van der Waals surface area (Å²) in [7, 11) is 0. The third-order valence-electron chi connectivity index (χ3n) is 3.30. The molecule has 0 unspecified atom stereocenters. The van der Waals surface area contributed by atoms with Crippen molar-refractivity contribution in [2.45, 2.75) is 0 Å². The van der Waals surface area contributed by atoms with Gasteiger partial charge in [0.15, 0.2) is 4.32 Å². The highest BCUT2D eigenvalue weighted by molar-refractivity contribution is 8.26. The first kappa shape index (κ1) is 19.8. The first-order valence-corrected chi connectivity index (χ1v) is 9.90. The summed E-state index contributed by atoms with van der Waals surface area (Å²) < 4.78 is 0.121. The van der Waals surface area contributed by atoms with Crippen molar-refractivity contribution in [2.24, 2.45) is 0 Å². The van der Waals surface area contributed by atoms with Gasteiger partial charge in [-0.2, -0.15) is 5.01 Å². The van der Waals surface area contributed by atoms with Crippen LogP contribution in [0.2, 0.25) is 10.0 Å². The molecule has 3 rings (SSSR count). The van der Waals surface area contributed by atoms with Gasteiger partial charge < -0.3 is 0 Å². The Balaban J connectivity index is 1.87. The quantitative estimate of drug-likeness (QED) is 0.313. The Morgan fingerprint density at radius 3 is 2.70 bits per heavy atom. The van der Waals surface area contributed by atoms with E-state index in [2.05, 4.69) is 5.43 Å². The van der Waals surface area contributed by atoms with E-state index < -0.39 is 16.7 Å². The maximum absolute atomic E-state index is 12.6. The molecular weight excluding hydrogens is 453 g/mol. The average molecular weight is 460 g/mol. The molecule has 0 radical (unpaired) electrons. The normalized spacial score (nSPS) is 15.5. The van der Waals surface area contributed by atoms with Gasteiger partial charge in [-0.15, -0.1) is 11.3 Å². The number of hydrogen-bond donors (Lipinski definition) is 1. The Morgan fingerprint density at radius 2 is 2.07 bits per heavy atom. The van der Waals surface area contributed by atoms with E-state index in [1.54, 1.807) is 17.5 Å². The van der Waals surface area contributed by atoms with Crippen molar-refractivity contribution in [1.82, 2.24) is 10.4 Å². The zero-order valence-corrected chi connectivity index (χ0v) is 16.9. The molecule has 7 nitrogen and oxygen atoms in total. The van der Waals surface area contributed by atoms with Crippen molar-refractivity contribution >= 4 is 86.4 Å². The van der Waals surface area contributed by atoms with Gasteiger partial charge in [-0.05, 0) is 35.8 Å². The van der Waals surface area contributed by atoms with Crippen molar-refractivity contribution in [3.63, 3.8) is 0 Å². The van der Waals surface area contributed by atoms with E-state index in [-0.39, 0.29) is 30.5 Å². The van der Waals surface area contributed by atoms with Crippen LogP contribution in [0, 0.1) is 10.1 Å². The molecule has 1 aliphatic heterocycles. The van der Waals surface area contributed by atoms with E-state index in [9.17, 15) is 19.7 Å². The molecule has 0 saturated carbocycles. The fraction of sp³-hybridized carbons (Fsp3) is 0. The molecule has 1 aliphatic rings.